The highest BCUT2D eigenvalue weighted by atomic mass is 19.3. The molecule has 1 heterocycles. The number of alkyl halides is 2. The molecular weight excluding hydrogens is 196 g/mol. The minimum absolute atomic E-state index is 0.109. The largest absolute Gasteiger partial charge is 0.465 e. The number of carbonyl (C=O) groups excluding carboxylic acids is 1. The summed E-state index contributed by atoms with van der Waals surface area (Å²) in [6.07, 6.45) is 1.18. The van der Waals surface area contributed by atoms with Crippen LogP contribution in [0.5, 0.6) is 5.88 Å². The molecule has 0 aliphatic heterocycles. The number of esters is 1. The van der Waals surface area contributed by atoms with Crippen molar-refractivity contribution in [2.45, 2.75) is 6.61 Å². The van der Waals surface area contributed by atoms with Gasteiger partial charge in [-0.2, -0.15) is 8.78 Å². The van der Waals surface area contributed by atoms with Gasteiger partial charge in [-0.25, -0.2) is 9.78 Å². The number of carbonyl (C=O) groups is 1. The summed E-state index contributed by atoms with van der Waals surface area (Å²) in [5.74, 6) is -0.950. The van der Waals surface area contributed by atoms with Gasteiger partial charge in [-0.15, -0.1) is 0 Å². The smallest absolute Gasteiger partial charge is 0.388 e. The second kappa shape index (κ2) is 4.50. The Hall–Kier alpha value is -1.72. The summed E-state index contributed by atoms with van der Waals surface area (Å²) in [5, 5.41) is 0. The highest BCUT2D eigenvalue weighted by Gasteiger charge is 2.10. The lowest BCUT2D eigenvalue weighted by molar-refractivity contribution is -0.0529. The molecule has 0 unspecified atom stereocenters. The van der Waals surface area contributed by atoms with Crippen molar-refractivity contribution in [2.24, 2.45) is 0 Å². The fourth-order valence-corrected chi connectivity index (χ4v) is 0.810. The Kier molecular flexibility index (Phi) is 3.33. The zero-order valence-electron chi connectivity index (χ0n) is 7.24. The maximum absolute atomic E-state index is 11.8. The van der Waals surface area contributed by atoms with E-state index in [1.807, 2.05) is 0 Å². The lowest BCUT2D eigenvalue weighted by Gasteiger charge is -2.03. The van der Waals surface area contributed by atoms with Gasteiger partial charge < -0.3 is 9.47 Å². The number of methoxy groups -OCH3 is 1. The Labute approximate surface area is 78.5 Å². The van der Waals surface area contributed by atoms with Crippen LogP contribution in [0.1, 0.15) is 10.4 Å². The number of aromatic nitrogens is 1. The van der Waals surface area contributed by atoms with E-state index < -0.39 is 12.6 Å². The molecule has 0 fully saturated rings. The first-order valence-electron chi connectivity index (χ1n) is 3.62. The van der Waals surface area contributed by atoms with Crippen molar-refractivity contribution >= 4 is 5.97 Å². The third kappa shape index (κ3) is 2.65. The molecule has 0 bridgehead atoms. The van der Waals surface area contributed by atoms with E-state index in [0.717, 1.165) is 6.07 Å². The quantitative estimate of drug-likeness (QED) is 0.698. The highest BCUT2D eigenvalue weighted by molar-refractivity contribution is 5.89. The van der Waals surface area contributed by atoms with Crippen molar-refractivity contribution in [3.8, 4) is 5.88 Å². The molecule has 0 atom stereocenters. The SMILES string of the molecule is COC(=O)c1ccnc(OC(F)F)c1. The number of ether oxygens (including phenoxy) is 2. The van der Waals surface area contributed by atoms with Crippen molar-refractivity contribution in [1.29, 1.82) is 0 Å². The molecular formula is C8H7F2NO3. The molecule has 6 heteroatoms. The van der Waals surface area contributed by atoms with E-state index in [9.17, 15) is 13.6 Å². The number of rotatable bonds is 3. The molecule has 1 rings (SSSR count). The average Bonchev–Trinajstić information content (AvgIpc) is 2.16. The monoisotopic (exact) mass is 203 g/mol. The summed E-state index contributed by atoms with van der Waals surface area (Å²) in [4.78, 5) is 14.4. The predicted octanol–water partition coefficient (Wildman–Crippen LogP) is 1.47. The van der Waals surface area contributed by atoms with Crippen LogP contribution < -0.4 is 4.74 Å². The normalized spacial score (nSPS) is 10.0. The van der Waals surface area contributed by atoms with E-state index in [2.05, 4.69) is 14.5 Å². The van der Waals surface area contributed by atoms with Crippen molar-refractivity contribution in [3.63, 3.8) is 0 Å². The van der Waals surface area contributed by atoms with Gasteiger partial charge in [0, 0.05) is 12.3 Å². The molecule has 0 radical (unpaired) electrons. The molecule has 4 nitrogen and oxygen atoms in total. The minimum Gasteiger partial charge on any atom is -0.465 e. The van der Waals surface area contributed by atoms with Gasteiger partial charge in [-0.1, -0.05) is 0 Å². The van der Waals surface area contributed by atoms with Crippen LogP contribution >= 0.6 is 0 Å². The topological polar surface area (TPSA) is 48.4 Å². The Bertz CT molecular complexity index is 330. The maximum Gasteiger partial charge on any atom is 0.388 e. The highest BCUT2D eigenvalue weighted by Crippen LogP contribution is 2.12. The van der Waals surface area contributed by atoms with Gasteiger partial charge >= 0.3 is 12.6 Å². The first kappa shape index (κ1) is 10.4. The van der Waals surface area contributed by atoms with Crippen LogP contribution in [-0.2, 0) is 4.74 Å². The fraction of sp³-hybridized carbons (Fsp3) is 0.250. The van der Waals surface area contributed by atoms with Gasteiger partial charge in [0.15, 0.2) is 0 Å². The molecule has 0 spiro atoms. The van der Waals surface area contributed by atoms with E-state index in [0.29, 0.717) is 0 Å². The van der Waals surface area contributed by atoms with Crippen molar-refractivity contribution in [2.75, 3.05) is 7.11 Å². The zero-order chi connectivity index (χ0) is 10.6. The van der Waals surface area contributed by atoms with Crippen LogP contribution in [0.15, 0.2) is 18.3 Å². The minimum atomic E-state index is -2.96. The Morgan fingerprint density at radius 3 is 2.86 bits per heavy atom. The third-order valence-corrected chi connectivity index (χ3v) is 1.37. The average molecular weight is 203 g/mol. The Morgan fingerprint density at radius 1 is 1.57 bits per heavy atom. The van der Waals surface area contributed by atoms with Gasteiger partial charge in [0.2, 0.25) is 5.88 Å². The van der Waals surface area contributed by atoms with Crippen LogP contribution in [0.3, 0.4) is 0 Å². The molecule has 0 aromatic carbocycles. The molecule has 0 saturated heterocycles. The lowest BCUT2D eigenvalue weighted by Crippen LogP contribution is -2.06. The van der Waals surface area contributed by atoms with Crippen LogP contribution in [0.2, 0.25) is 0 Å². The van der Waals surface area contributed by atoms with Crippen molar-refractivity contribution < 1.29 is 23.0 Å². The summed E-state index contributed by atoms with van der Waals surface area (Å²) in [5.41, 5.74) is 0.109. The second-order valence-electron chi connectivity index (χ2n) is 2.25. The van der Waals surface area contributed by atoms with Gasteiger partial charge in [-0.3, -0.25) is 0 Å². The maximum atomic E-state index is 11.8. The summed E-state index contributed by atoms with van der Waals surface area (Å²) in [6, 6.07) is 2.42. The van der Waals surface area contributed by atoms with Crippen molar-refractivity contribution in [3.05, 3.63) is 23.9 Å². The third-order valence-electron chi connectivity index (χ3n) is 1.37. The van der Waals surface area contributed by atoms with Crippen LogP contribution in [0, 0.1) is 0 Å². The fourth-order valence-electron chi connectivity index (χ4n) is 0.810. The van der Waals surface area contributed by atoms with Gasteiger partial charge in [0.25, 0.3) is 0 Å². The first-order valence-corrected chi connectivity index (χ1v) is 3.62. The predicted molar refractivity (Wildman–Crippen MR) is 42.2 cm³/mol. The number of halogens is 2. The number of hydrogen-bond acceptors (Lipinski definition) is 4. The van der Waals surface area contributed by atoms with E-state index in [1.165, 1.54) is 19.4 Å². The van der Waals surface area contributed by atoms with Gasteiger partial charge in [0.05, 0.1) is 12.7 Å². The van der Waals surface area contributed by atoms with Crippen LogP contribution in [0.25, 0.3) is 0 Å². The van der Waals surface area contributed by atoms with Gasteiger partial charge in [-0.05, 0) is 6.07 Å². The molecule has 76 valence electrons. The van der Waals surface area contributed by atoms with Crippen LogP contribution in [0.4, 0.5) is 8.78 Å². The zero-order valence-corrected chi connectivity index (χ0v) is 7.24. The summed E-state index contributed by atoms with van der Waals surface area (Å²) in [6.45, 7) is -2.96. The Balaban J connectivity index is 2.84. The van der Waals surface area contributed by atoms with Crippen molar-refractivity contribution in [1.82, 2.24) is 4.98 Å². The molecule has 0 N–H and O–H groups in total. The number of hydrogen-bond donors (Lipinski definition) is 0. The standard InChI is InChI=1S/C8H7F2NO3/c1-13-7(12)5-2-3-11-6(4-5)14-8(9)10/h2-4,8H,1H3. The van der Waals surface area contributed by atoms with Gasteiger partial charge in [0.1, 0.15) is 0 Å². The molecule has 1 aromatic rings. The molecule has 14 heavy (non-hydrogen) atoms. The van der Waals surface area contributed by atoms with E-state index in [4.69, 9.17) is 0 Å². The van der Waals surface area contributed by atoms with E-state index >= 15 is 0 Å². The molecule has 1 aromatic heterocycles. The Morgan fingerprint density at radius 2 is 2.29 bits per heavy atom. The number of nitrogens with zero attached hydrogens (tertiary/aromatic N) is 1. The summed E-state index contributed by atoms with van der Waals surface area (Å²) in [7, 11) is 1.19. The molecule has 0 saturated carbocycles. The molecule has 0 aliphatic carbocycles. The molecule has 0 amide bonds. The van der Waals surface area contributed by atoms with Crippen LogP contribution in [-0.4, -0.2) is 24.7 Å². The summed E-state index contributed by atoms with van der Waals surface area (Å²) >= 11 is 0. The van der Waals surface area contributed by atoms with E-state index in [-0.39, 0.29) is 11.4 Å². The number of pyridine rings is 1. The summed E-state index contributed by atoms with van der Waals surface area (Å²) < 4.78 is 31.9. The second-order valence-corrected chi connectivity index (χ2v) is 2.25. The lowest BCUT2D eigenvalue weighted by atomic mass is 10.3. The first-order chi connectivity index (χ1) is 6.63. The molecule has 0 aliphatic rings. The van der Waals surface area contributed by atoms with E-state index in [1.54, 1.807) is 0 Å².